The second kappa shape index (κ2) is 6.92. The van der Waals surface area contributed by atoms with E-state index in [-0.39, 0.29) is 11.9 Å². The van der Waals surface area contributed by atoms with Crippen LogP contribution < -0.4 is 5.32 Å². The summed E-state index contributed by atoms with van der Waals surface area (Å²) in [4.78, 5) is 22.6. The first-order valence-corrected chi connectivity index (χ1v) is 6.75. The van der Waals surface area contributed by atoms with Crippen LogP contribution in [0.5, 0.6) is 0 Å². The lowest BCUT2D eigenvalue weighted by atomic mass is 10.1. The van der Waals surface area contributed by atoms with Crippen LogP contribution in [-0.4, -0.2) is 24.5 Å². The molecule has 1 fully saturated rings. The Morgan fingerprint density at radius 2 is 2.05 bits per heavy atom. The Labute approximate surface area is 113 Å². The van der Waals surface area contributed by atoms with Crippen molar-refractivity contribution in [2.45, 2.75) is 38.1 Å². The van der Waals surface area contributed by atoms with Crippen molar-refractivity contribution >= 4 is 11.9 Å². The summed E-state index contributed by atoms with van der Waals surface area (Å²) in [5.41, 5.74) is 1.30. The van der Waals surface area contributed by atoms with Gasteiger partial charge >= 0.3 is 5.97 Å². The lowest BCUT2D eigenvalue weighted by Gasteiger charge is -2.09. The minimum absolute atomic E-state index is 0.0639. The SMILES string of the molecule is O=C1CCC(C(=O)OCCCCc2ccccc2)N1. The van der Waals surface area contributed by atoms with E-state index in [2.05, 4.69) is 17.4 Å². The first kappa shape index (κ1) is 13.6. The van der Waals surface area contributed by atoms with Gasteiger partial charge in [0.25, 0.3) is 0 Å². The molecule has 1 aliphatic heterocycles. The Bertz CT molecular complexity index is 430. The van der Waals surface area contributed by atoms with E-state index in [9.17, 15) is 9.59 Å². The Hall–Kier alpha value is -1.84. The Balaban J connectivity index is 1.57. The van der Waals surface area contributed by atoms with Gasteiger partial charge in [0, 0.05) is 6.42 Å². The summed E-state index contributed by atoms with van der Waals surface area (Å²) in [6.45, 7) is 0.429. The zero-order chi connectivity index (χ0) is 13.5. The Morgan fingerprint density at radius 1 is 1.26 bits per heavy atom. The van der Waals surface area contributed by atoms with Crippen LogP contribution in [0.4, 0.5) is 0 Å². The molecule has 1 unspecified atom stereocenters. The third-order valence-corrected chi connectivity index (χ3v) is 3.23. The monoisotopic (exact) mass is 261 g/mol. The first-order chi connectivity index (χ1) is 9.25. The van der Waals surface area contributed by atoms with Crippen molar-refractivity contribution < 1.29 is 14.3 Å². The molecule has 4 heteroatoms. The van der Waals surface area contributed by atoms with Gasteiger partial charge in [-0.3, -0.25) is 4.79 Å². The summed E-state index contributed by atoms with van der Waals surface area (Å²) >= 11 is 0. The molecule has 1 amide bonds. The van der Waals surface area contributed by atoms with E-state index in [0.29, 0.717) is 19.4 Å². The molecule has 0 aliphatic carbocycles. The van der Waals surface area contributed by atoms with Gasteiger partial charge in [-0.15, -0.1) is 0 Å². The van der Waals surface area contributed by atoms with E-state index in [1.807, 2.05) is 18.2 Å². The number of carbonyl (C=O) groups excluding carboxylic acids is 2. The van der Waals surface area contributed by atoms with Crippen LogP contribution in [0.3, 0.4) is 0 Å². The minimum atomic E-state index is -0.429. The number of aryl methyl sites for hydroxylation is 1. The molecule has 1 aromatic carbocycles. The zero-order valence-electron chi connectivity index (χ0n) is 10.9. The Kier molecular flexibility index (Phi) is 4.95. The summed E-state index contributed by atoms with van der Waals surface area (Å²) in [7, 11) is 0. The molecular formula is C15H19NO3. The van der Waals surface area contributed by atoms with Crippen molar-refractivity contribution in [3.8, 4) is 0 Å². The number of rotatable bonds is 6. The van der Waals surface area contributed by atoms with Crippen LogP contribution in [0.1, 0.15) is 31.2 Å². The summed E-state index contributed by atoms with van der Waals surface area (Å²) in [5.74, 6) is -0.364. The van der Waals surface area contributed by atoms with E-state index in [4.69, 9.17) is 4.74 Å². The van der Waals surface area contributed by atoms with Crippen molar-refractivity contribution in [2.75, 3.05) is 6.61 Å². The minimum Gasteiger partial charge on any atom is -0.464 e. The third kappa shape index (κ3) is 4.39. The molecule has 1 heterocycles. The zero-order valence-corrected chi connectivity index (χ0v) is 10.9. The molecule has 1 aromatic rings. The molecule has 0 radical (unpaired) electrons. The van der Waals surface area contributed by atoms with Gasteiger partial charge in [0.15, 0.2) is 0 Å². The van der Waals surface area contributed by atoms with Crippen molar-refractivity contribution in [3.63, 3.8) is 0 Å². The molecule has 0 saturated carbocycles. The fourth-order valence-electron chi connectivity index (χ4n) is 2.14. The van der Waals surface area contributed by atoms with Crippen LogP contribution in [0.2, 0.25) is 0 Å². The maximum absolute atomic E-state index is 11.6. The molecule has 4 nitrogen and oxygen atoms in total. The number of esters is 1. The van der Waals surface area contributed by atoms with Crippen LogP contribution in [0.15, 0.2) is 30.3 Å². The van der Waals surface area contributed by atoms with E-state index in [0.717, 1.165) is 19.3 Å². The van der Waals surface area contributed by atoms with E-state index in [1.165, 1.54) is 5.56 Å². The quantitative estimate of drug-likeness (QED) is 0.628. The number of unbranched alkanes of at least 4 members (excludes halogenated alkanes) is 1. The Morgan fingerprint density at radius 3 is 2.74 bits per heavy atom. The van der Waals surface area contributed by atoms with Gasteiger partial charge in [-0.1, -0.05) is 30.3 Å². The predicted octanol–water partition coefficient (Wildman–Crippen LogP) is 1.83. The topological polar surface area (TPSA) is 55.4 Å². The average Bonchev–Trinajstić information content (AvgIpc) is 2.86. The van der Waals surface area contributed by atoms with Crippen LogP contribution >= 0.6 is 0 Å². The highest BCUT2D eigenvalue weighted by Gasteiger charge is 2.28. The van der Waals surface area contributed by atoms with Crippen LogP contribution in [0, 0.1) is 0 Å². The average molecular weight is 261 g/mol. The van der Waals surface area contributed by atoms with Gasteiger partial charge in [0.1, 0.15) is 6.04 Å². The molecule has 1 saturated heterocycles. The van der Waals surface area contributed by atoms with E-state index < -0.39 is 6.04 Å². The molecule has 1 aliphatic rings. The predicted molar refractivity (Wildman–Crippen MR) is 71.5 cm³/mol. The normalized spacial score (nSPS) is 18.1. The molecule has 0 aromatic heterocycles. The summed E-state index contributed by atoms with van der Waals surface area (Å²) in [6, 6.07) is 9.82. The second-order valence-electron chi connectivity index (χ2n) is 4.77. The summed E-state index contributed by atoms with van der Waals surface area (Å²) in [5, 5.41) is 2.61. The van der Waals surface area contributed by atoms with E-state index >= 15 is 0 Å². The second-order valence-corrected chi connectivity index (χ2v) is 4.77. The number of benzene rings is 1. The number of ether oxygens (including phenoxy) is 1. The largest absolute Gasteiger partial charge is 0.464 e. The highest BCUT2D eigenvalue weighted by molar-refractivity contribution is 5.87. The smallest absolute Gasteiger partial charge is 0.328 e. The molecule has 0 bridgehead atoms. The maximum Gasteiger partial charge on any atom is 0.328 e. The molecule has 1 atom stereocenters. The van der Waals surface area contributed by atoms with Gasteiger partial charge in [-0.25, -0.2) is 4.79 Å². The van der Waals surface area contributed by atoms with Crippen molar-refractivity contribution in [1.29, 1.82) is 0 Å². The van der Waals surface area contributed by atoms with Crippen LogP contribution in [-0.2, 0) is 20.7 Å². The molecule has 1 N–H and O–H groups in total. The number of hydrogen-bond donors (Lipinski definition) is 1. The highest BCUT2D eigenvalue weighted by Crippen LogP contribution is 2.09. The van der Waals surface area contributed by atoms with Gasteiger partial charge in [-0.2, -0.15) is 0 Å². The molecule has 0 spiro atoms. The molecular weight excluding hydrogens is 242 g/mol. The maximum atomic E-state index is 11.6. The van der Waals surface area contributed by atoms with Crippen molar-refractivity contribution in [3.05, 3.63) is 35.9 Å². The summed E-state index contributed by atoms with van der Waals surface area (Å²) < 4.78 is 5.16. The lowest BCUT2D eigenvalue weighted by molar-refractivity contribution is -0.146. The fourth-order valence-corrected chi connectivity index (χ4v) is 2.14. The lowest BCUT2D eigenvalue weighted by Crippen LogP contribution is -2.34. The molecule has 2 rings (SSSR count). The van der Waals surface area contributed by atoms with Gasteiger partial charge in [0.05, 0.1) is 6.61 Å². The van der Waals surface area contributed by atoms with Gasteiger partial charge < -0.3 is 10.1 Å². The number of amides is 1. The molecule has 19 heavy (non-hydrogen) atoms. The number of hydrogen-bond acceptors (Lipinski definition) is 3. The van der Waals surface area contributed by atoms with Crippen molar-refractivity contribution in [2.24, 2.45) is 0 Å². The molecule has 102 valence electrons. The third-order valence-electron chi connectivity index (χ3n) is 3.23. The standard InChI is InChI=1S/C15H19NO3/c17-14-10-9-13(16-14)15(18)19-11-5-4-8-12-6-2-1-3-7-12/h1-3,6-7,13H,4-5,8-11H2,(H,16,17). The number of nitrogens with one attached hydrogen (secondary N) is 1. The van der Waals surface area contributed by atoms with Crippen LogP contribution in [0.25, 0.3) is 0 Å². The highest BCUT2D eigenvalue weighted by atomic mass is 16.5. The number of carbonyl (C=O) groups is 2. The first-order valence-electron chi connectivity index (χ1n) is 6.75. The summed E-state index contributed by atoms with van der Waals surface area (Å²) in [6.07, 6.45) is 3.82. The van der Waals surface area contributed by atoms with Gasteiger partial charge in [0.2, 0.25) is 5.91 Å². The van der Waals surface area contributed by atoms with E-state index in [1.54, 1.807) is 0 Å². The van der Waals surface area contributed by atoms with Crippen molar-refractivity contribution in [1.82, 2.24) is 5.32 Å². The fraction of sp³-hybridized carbons (Fsp3) is 0.467. The van der Waals surface area contributed by atoms with Gasteiger partial charge in [-0.05, 0) is 31.2 Å².